The minimum absolute atomic E-state index is 0.0528. The maximum atomic E-state index is 12.3. The third-order valence-corrected chi connectivity index (χ3v) is 6.71. The van der Waals surface area contributed by atoms with Crippen molar-refractivity contribution in [2.45, 2.75) is 37.7 Å². The highest BCUT2D eigenvalue weighted by molar-refractivity contribution is 7.89. The van der Waals surface area contributed by atoms with E-state index in [2.05, 4.69) is 0 Å². The van der Waals surface area contributed by atoms with Crippen LogP contribution in [0.5, 0.6) is 11.5 Å². The van der Waals surface area contributed by atoms with Gasteiger partial charge in [0.05, 0.1) is 12.0 Å². The first-order valence-corrected chi connectivity index (χ1v) is 12.0. The summed E-state index contributed by atoms with van der Waals surface area (Å²) in [5, 5.41) is 5.18. The number of carbonyl (C=O) groups excluding carboxylic acids is 1. The van der Waals surface area contributed by atoms with Crippen LogP contribution in [-0.2, 0) is 29.5 Å². The smallest absolute Gasteiger partial charge is 0.238 e. The minimum Gasteiger partial charge on any atom is -0.493 e. The summed E-state index contributed by atoms with van der Waals surface area (Å²) in [5.74, 6) is 1.43. The quantitative estimate of drug-likeness (QED) is 0.578. The van der Waals surface area contributed by atoms with Crippen molar-refractivity contribution >= 4 is 15.8 Å². The highest BCUT2D eigenvalue weighted by atomic mass is 32.2. The molecule has 32 heavy (non-hydrogen) atoms. The van der Waals surface area contributed by atoms with E-state index in [1.807, 2.05) is 37.3 Å². The molecule has 0 amide bonds. The van der Waals surface area contributed by atoms with E-state index in [-0.39, 0.29) is 17.3 Å². The highest BCUT2D eigenvalue weighted by Crippen LogP contribution is 2.44. The second-order valence-electron chi connectivity index (χ2n) is 7.72. The molecule has 6 nitrogen and oxygen atoms in total. The third-order valence-electron chi connectivity index (χ3n) is 5.78. The molecule has 1 aliphatic rings. The molecule has 3 aromatic carbocycles. The van der Waals surface area contributed by atoms with Crippen LogP contribution in [-0.4, -0.2) is 21.3 Å². The molecule has 0 fully saturated rings. The standard InChI is InChI=1S/C25H25NO5S/c1-3-17-9-12-22(19-5-4-6-21-20(19)13-14-23(21)27)25(24(17)30-2)31-15-16-7-10-18(11-8-16)32(26,28)29/h4-12H,3,13-15H2,1-2H3,(H2,26,28,29). The number of sulfonamides is 1. The summed E-state index contributed by atoms with van der Waals surface area (Å²) < 4.78 is 35.0. The van der Waals surface area contributed by atoms with E-state index in [0.717, 1.165) is 39.8 Å². The molecule has 0 saturated carbocycles. The number of hydrogen-bond donors (Lipinski definition) is 1. The predicted octanol–water partition coefficient (Wildman–Crippen LogP) is 4.28. The normalized spacial score (nSPS) is 13.2. The number of primary sulfonamides is 1. The number of carbonyl (C=O) groups is 1. The molecule has 3 aromatic rings. The van der Waals surface area contributed by atoms with Crippen LogP contribution in [0.1, 0.15) is 40.4 Å². The summed E-state index contributed by atoms with van der Waals surface area (Å²) in [6, 6.07) is 16.1. The average molecular weight is 452 g/mol. The first-order chi connectivity index (χ1) is 15.3. The zero-order valence-corrected chi connectivity index (χ0v) is 18.9. The van der Waals surface area contributed by atoms with Crippen molar-refractivity contribution in [1.29, 1.82) is 0 Å². The molecule has 0 saturated heterocycles. The van der Waals surface area contributed by atoms with Gasteiger partial charge in [-0.15, -0.1) is 0 Å². The van der Waals surface area contributed by atoms with E-state index < -0.39 is 10.0 Å². The monoisotopic (exact) mass is 451 g/mol. The van der Waals surface area contributed by atoms with Gasteiger partial charge in [-0.25, -0.2) is 13.6 Å². The van der Waals surface area contributed by atoms with Crippen LogP contribution < -0.4 is 14.6 Å². The van der Waals surface area contributed by atoms with Crippen molar-refractivity contribution in [2.24, 2.45) is 5.14 Å². The van der Waals surface area contributed by atoms with E-state index in [1.165, 1.54) is 12.1 Å². The van der Waals surface area contributed by atoms with Crippen molar-refractivity contribution in [3.8, 4) is 22.6 Å². The van der Waals surface area contributed by atoms with Gasteiger partial charge in [-0.2, -0.15) is 0 Å². The van der Waals surface area contributed by atoms with Gasteiger partial charge < -0.3 is 9.47 Å². The summed E-state index contributed by atoms with van der Waals surface area (Å²) in [7, 11) is -2.13. The molecule has 0 spiro atoms. The summed E-state index contributed by atoms with van der Waals surface area (Å²) in [6.45, 7) is 2.27. The van der Waals surface area contributed by atoms with E-state index in [0.29, 0.717) is 24.3 Å². The van der Waals surface area contributed by atoms with Gasteiger partial charge in [0.1, 0.15) is 6.61 Å². The number of methoxy groups -OCH3 is 1. The number of rotatable bonds is 7. The molecule has 0 bridgehead atoms. The molecule has 0 unspecified atom stereocenters. The van der Waals surface area contributed by atoms with Crippen LogP contribution in [0, 0.1) is 0 Å². The number of fused-ring (bicyclic) bond motifs is 1. The first kappa shape index (κ1) is 22.0. The van der Waals surface area contributed by atoms with Crippen molar-refractivity contribution < 1.29 is 22.7 Å². The van der Waals surface area contributed by atoms with Gasteiger partial charge in [0.2, 0.25) is 10.0 Å². The van der Waals surface area contributed by atoms with E-state index >= 15 is 0 Å². The lowest BCUT2D eigenvalue weighted by atomic mass is 9.94. The fourth-order valence-electron chi connectivity index (χ4n) is 4.13. The first-order valence-electron chi connectivity index (χ1n) is 10.4. The second-order valence-corrected chi connectivity index (χ2v) is 9.28. The van der Waals surface area contributed by atoms with Crippen LogP contribution in [0.25, 0.3) is 11.1 Å². The Labute approximate surface area is 188 Å². The van der Waals surface area contributed by atoms with E-state index in [1.54, 1.807) is 19.2 Å². The van der Waals surface area contributed by atoms with E-state index in [9.17, 15) is 13.2 Å². The number of benzene rings is 3. The second kappa shape index (κ2) is 8.76. The topological polar surface area (TPSA) is 95.7 Å². The maximum Gasteiger partial charge on any atom is 0.238 e. The van der Waals surface area contributed by atoms with Crippen molar-refractivity contribution in [3.63, 3.8) is 0 Å². The van der Waals surface area contributed by atoms with Crippen molar-refractivity contribution in [2.75, 3.05) is 7.11 Å². The number of hydrogen-bond acceptors (Lipinski definition) is 5. The molecule has 4 rings (SSSR count). The third kappa shape index (κ3) is 4.13. The lowest BCUT2D eigenvalue weighted by Gasteiger charge is -2.19. The SMILES string of the molecule is CCc1ccc(-c2cccc3c2CCC3=O)c(OCc2ccc(S(N)(=O)=O)cc2)c1OC. The molecule has 166 valence electrons. The fraction of sp³-hybridized carbons (Fsp3) is 0.240. The molecular formula is C25H25NO5S. The van der Waals surface area contributed by atoms with Crippen LogP contribution >= 0.6 is 0 Å². The van der Waals surface area contributed by atoms with Crippen molar-refractivity contribution in [1.82, 2.24) is 0 Å². The Kier molecular flexibility index (Phi) is 6.04. The van der Waals surface area contributed by atoms with Gasteiger partial charge in [-0.05, 0) is 47.2 Å². The van der Waals surface area contributed by atoms with Crippen LogP contribution in [0.3, 0.4) is 0 Å². The minimum atomic E-state index is -3.75. The largest absolute Gasteiger partial charge is 0.493 e. The number of nitrogens with two attached hydrogens (primary N) is 1. The van der Waals surface area contributed by atoms with Crippen molar-refractivity contribution in [3.05, 3.63) is 76.9 Å². The van der Waals surface area contributed by atoms with Crippen LogP contribution in [0.2, 0.25) is 0 Å². The Balaban J connectivity index is 1.75. The molecule has 0 aromatic heterocycles. The summed E-state index contributed by atoms with van der Waals surface area (Å²) in [6.07, 6.45) is 1.99. The molecule has 0 radical (unpaired) electrons. The van der Waals surface area contributed by atoms with Gasteiger partial charge >= 0.3 is 0 Å². The maximum absolute atomic E-state index is 12.3. The van der Waals surface area contributed by atoms with Gasteiger partial charge in [-0.3, -0.25) is 4.79 Å². The molecule has 1 aliphatic carbocycles. The molecule has 0 heterocycles. The molecular weight excluding hydrogens is 426 g/mol. The number of ether oxygens (including phenoxy) is 2. The lowest BCUT2D eigenvalue weighted by Crippen LogP contribution is -2.12. The van der Waals surface area contributed by atoms with E-state index in [4.69, 9.17) is 14.6 Å². The summed E-state index contributed by atoms with van der Waals surface area (Å²) in [5.41, 5.74) is 5.44. The summed E-state index contributed by atoms with van der Waals surface area (Å²) in [4.78, 5) is 12.3. The highest BCUT2D eigenvalue weighted by Gasteiger charge is 2.25. The van der Waals surface area contributed by atoms with Gasteiger partial charge in [0, 0.05) is 17.5 Å². The molecule has 2 N–H and O–H groups in total. The van der Waals surface area contributed by atoms with Crippen LogP contribution in [0.15, 0.2) is 59.5 Å². The Hall–Kier alpha value is -3.16. The molecule has 0 atom stereocenters. The number of ketones is 1. The Morgan fingerprint density at radius 1 is 0.906 bits per heavy atom. The van der Waals surface area contributed by atoms with Gasteiger partial charge in [-0.1, -0.05) is 49.4 Å². The Bertz CT molecular complexity index is 1280. The molecule has 0 aliphatic heterocycles. The predicted molar refractivity (Wildman–Crippen MR) is 123 cm³/mol. The Morgan fingerprint density at radius 3 is 2.28 bits per heavy atom. The van der Waals surface area contributed by atoms with Gasteiger partial charge in [0.15, 0.2) is 17.3 Å². The Morgan fingerprint density at radius 2 is 1.62 bits per heavy atom. The summed E-state index contributed by atoms with van der Waals surface area (Å²) >= 11 is 0. The molecule has 7 heteroatoms. The average Bonchev–Trinajstić information content (AvgIpc) is 3.17. The van der Waals surface area contributed by atoms with Gasteiger partial charge in [0.25, 0.3) is 0 Å². The zero-order chi connectivity index (χ0) is 22.9. The lowest BCUT2D eigenvalue weighted by molar-refractivity contribution is 0.0994. The number of Topliss-reactive ketones (excluding diaryl/α,β-unsaturated/α-hetero) is 1. The number of aryl methyl sites for hydroxylation is 1. The van der Waals surface area contributed by atoms with Crippen LogP contribution in [0.4, 0.5) is 0 Å². The zero-order valence-electron chi connectivity index (χ0n) is 18.1. The fourth-order valence-corrected chi connectivity index (χ4v) is 4.65.